The topological polar surface area (TPSA) is 38.6 Å². The summed E-state index contributed by atoms with van der Waals surface area (Å²) in [6.45, 7) is 2.82. The van der Waals surface area contributed by atoms with E-state index in [1.807, 2.05) is 47.2 Å². The zero-order valence-corrected chi connectivity index (χ0v) is 11.6. The molecule has 1 aromatic carbocycles. The molecule has 0 aliphatic carbocycles. The third kappa shape index (κ3) is 2.32. The van der Waals surface area contributed by atoms with E-state index < -0.39 is 0 Å². The maximum Gasteiger partial charge on any atom is 0.119 e. The molecule has 0 saturated carbocycles. The van der Waals surface area contributed by atoms with Gasteiger partial charge in [0.1, 0.15) is 5.75 Å². The molecule has 102 valence electrons. The summed E-state index contributed by atoms with van der Waals surface area (Å²) in [5.41, 5.74) is 4.59. The molecule has 0 saturated heterocycles. The number of fused-ring (bicyclic) bond motifs is 1. The summed E-state index contributed by atoms with van der Waals surface area (Å²) >= 11 is 0. The minimum atomic E-state index is 0.751. The Morgan fingerprint density at radius 3 is 2.95 bits per heavy atom. The highest BCUT2D eigenvalue weighted by atomic mass is 16.5. The fourth-order valence-electron chi connectivity index (χ4n) is 2.28. The van der Waals surface area contributed by atoms with E-state index in [1.54, 1.807) is 7.11 Å². The molecule has 4 nitrogen and oxygen atoms in total. The second-order valence-electron chi connectivity index (χ2n) is 4.73. The minimum absolute atomic E-state index is 0.751. The molecule has 20 heavy (non-hydrogen) atoms. The number of nitrogens with zero attached hydrogens (tertiary/aromatic N) is 2. The Morgan fingerprint density at radius 2 is 2.15 bits per heavy atom. The predicted molar refractivity (Wildman–Crippen MR) is 80.2 cm³/mol. The lowest BCUT2D eigenvalue weighted by Gasteiger charge is -2.10. The summed E-state index contributed by atoms with van der Waals surface area (Å²) in [7, 11) is 1.68. The summed E-state index contributed by atoms with van der Waals surface area (Å²) in [6.07, 6.45) is 3.86. The molecule has 4 heteroatoms. The van der Waals surface area contributed by atoms with Crippen LogP contribution >= 0.6 is 0 Å². The molecule has 0 fully saturated rings. The zero-order valence-electron chi connectivity index (χ0n) is 11.6. The summed E-state index contributed by atoms with van der Waals surface area (Å²) in [5, 5.41) is 7.79. The molecular weight excluding hydrogens is 250 g/mol. The van der Waals surface area contributed by atoms with Crippen molar-refractivity contribution < 1.29 is 4.74 Å². The van der Waals surface area contributed by atoms with Crippen LogP contribution in [0.2, 0.25) is 0 Å². The average Bonchev–Trinajstić information content (AvgIpc) is 2.89. The molecule has 2 heterocycles. The van der Waals surface area contributed by atoms with E-state index >= 15 is 0 Å². The number of rotatable bonds is 4. The van der Waals surface area contributed by atoms with Crippen LogP contribution in [0.1, 0.15) is 11.1 Å². The lowest BCUT2D eigenvalue weighted by molar-refractivity contribution is 0.414. The van der Waals surface area contributed by atoms with Crippen LogP contribution in [0, 0.1) is 6.92 Å². The molecule has 2 aromatic heterocycles. The number of benzene rings is 1. The third-order valence-electron chi connectivity index (χ3n) is 3.41. The highest BCUT2D eigenvalue weighted by Crippen LogP contribution is 2.22. The maximum absolute atomic E-state index is 5.22. The van der Waals surface area contributed by atoms with Gasteiger partial charge in [-0.15, -0.1) is 0 Å². The quantitative estimate of drug-likeness (QED) is 0.788. The molecule has 0 spiro atoms. The number of hydrogen-bond donors (Lipinski definition) is 1. The number of aromatic nitrogens is 2. The second-order valence-corrected chi connectivity index (χ2v) is 4.73. The molecule has 1 N–H and O–H groups in total. The van der Waals surface area contributed by atoms with Gasteiger partial charge in [0.05, 0.1) is 18.8 Å². The third-order valence-corrected chi connectivity index (χ3v) is 3.41. The first kappa shape index (κ1) is 12.5. The number of pyridine rings is 1. The number of ether oxygens (including phenoxy) is 1. The van der Waals surface area contributed by atoms with E-state index in [2.05, 4.69) is 23.4 Å². The van der Waals surface area contributed by atoms with Crippen molar-refractivity contribution >= 4 is 11.2 Å². The molecule has 3 aromatic rings. The maximum atomic E-state index is 5.22. The molecule has 3 rings (SSSR count). The monoisotopic (exact) mass is 267 g/mol. The van der Waals surface area contributed by atoms with Crippen LogP contribution in [0.4, 0.5) is 5.69 Å². The van der Waals surface area contributed by atoms with E-state index in [0.717, 1.165) is 23.5 Å². The van der Waals surface area contributed by atoms with Crippen molar-refractivity contribution in [2.24, 2.45) is 0 Å². The van der Waals surface area contributed by atoms with Gasteiger partial charge in [-0.3, -0.25) is 0 Å². The molecule has 0 aliphatic rings. The molecule has 0 aliphatic heterocycles. The van der Waals surface area contributed by atoms with Crippen LogP contribution in [0.5, 0.6) is 5.75 Å². The smallest absolute Gasteiger partial charge is 0.119 e. The SMILES string of the molecule is COc1ccc(NCc2cnn3ccccc23)c(C)c1. The van der Waals surface area contributed by atoms with Gasteiger partial charge in [-0.05, 0) is 42.8 Å². The molecule has 0 atom stereocenters. The van der Waals surface area contributed by atoms with Crippen LogP contribution in [0.15, 0.2) is 48.8 Å². The summed E-state index contributed by atoms with van der Waals surface area (Å²) < 4.78 is 7.10. The lowest BCUT2D eigenvalue weighted by atomic mass is 10.2. The van der Waals surface area contributed by atoms with Crippen molar-refractivity contribution in [3.05, 3.63) is 59.9 Å². The van der Waals surface area contributed by atoms with E-state index in [9.17, 15) is 0 Å². The minimum Gasteiger partial charge on any atom is -0.497 e. The number of nitrogens with one attached hydrogen (secondary N) is 1. The Labute approximate surface area is 118 Å². The van der Waals surface area contributed by atoms with Crippen molar-refractivity contribution in [1.82, 2.24) is 9.61 Å². The van der Waals surface area contributed by atoms with Gasteiger partial charge in [-0.25, -0.2) is 4.52 Å². The Hall–Kier alpha value is -2.49. The number of hydrogen-bond acceptors (Lipinski definition) is 3. The molecule has 0 unspecified atom stereocenters. The average molecular weight is 267 g/mol. The summed E-state index contributed by atoms with van der Waals surface area (Å²) in [5.74, 6) is 0.879. The van der Waals surface area contributed by atoms with Crippen molar-refractivity contribution in [2.75, 3.05) is 12.4 Å². The number of anilines is 1. The molecule has 0 radical (unpaired) electrons. The zero-order chi connectivity index (χ0) is 13.9. The summed E-state index contributed by atoms with van der Waals surface area (Å²) in [6, 6.07) is 12.1. The van der Waals surface area contributed by atoms with Crippen LogP contribution in [0.3, 0.4) is 0 Å². The van der Waals surface area contributed by atoms with Gasteiger partial charge >= 0.3 is 0 Å². The van der Waals surface area contributed by atoms with Gasteiger partial charge in [0.15, 0.2) is 0 Å². The fourth-order valence-corrected chi connectivity index (χ4v) is 2.28. The first-order chi connectivity index (χ1) is 9.78. The largest absolute Gasteiger partial charge is 0.497 e. The van der Waals surface area contributed by atoms with E-state index in [1.165, 1.54) is 11.1 Å². The van der Waals surface area contributed by atoms with Crippen molar-refractivity contribution in [2.45, 2.75) is 13.5 Å². The van der Waals surface area contributed by atoms with Gasteiger partial charge in [-0.1, -0.05) is 6.07 Å². The molecule has 0 amide bonds. The van der Waals surface area contributed by atoms with Gasteiger partial charge < -0.3 is 10.1 Å². The fraction of sp³-hybridized carbons (Fsp3) is 0.188. The van der Waals surface area contributed by atoms with Crippen LogP contribution in [-0.4, -0.2) is 16.7 Å². The van der Waals surface area contributed by atoms with Gasteiger partial charge in [0, 0.05) is 24.0 Å². The molecular formula is C16H17N3O. The van der Waals surface area contributed by atoms with Gasteiger partial charge in [0.2, 0.25) is 0 Å². The van der Waals surface area contributed by atoms with Crippen LogP contribution in [0.25, 0.3) is 5.52 Å². The molecule has 0 bridgehead atoms. The normalized spacial score (nSPS) is 10.7. The Bertz CT molecular complexity index is 733. The van der Waals surface area contributed by atoms with E-state index in [0.29, 0.717) is 0 Å². The van der Waals surface area contributed by atoms with Crippen LogP contribution in [-0.2, 0) is 6.54 Å². The van der Waals surface area contributed by atoms with Crippen molar-refractivity contribution in [3.8, 4) is 5.75 Å². The van der Waals surface area contributed by atoms with E-state index in [4.69, 9.17) is 4.74 Å². The first-order valence-electron chi connectivity index (χ1n) is 6.57. The van der Waals surface area contributed by atoms with Crippen molar-refractivity contribution in [3.63, 3.8) is 0 Å². The number of methoxy groups -OCH3 is 1. The lowest BCUT2D eigenvalue weighted by Crippen LogP contribution is -2.01. The Morgan fingerprint density at radius 1 is 1.25 bits per heavy atom. The number of aryl methyl sites for hydroxylation is 1. The van der Waals surface area contributed by atoms with Crippen molar-refractivity contribution in [1.29, 1.82) is 0 Å². The Balaban J connectivity index is 1.79. The highest BCUT2D eigenvalue weighted by molar-refractivity contribution is 5.57. The Kier molecular flexibility index (Phi) is 3.29. The van der Waals surface area contributed by atoms with E-state index in [-0.39, 0.29) is 0 Å². The predicted octanol–water partition coefficient (Wildman–Crippen LogP) is 3.26. The highest BCUT2D eigenvalue weighted by Gasteiger charge is 2.04. The summed E-state index contributed by atoms with van der Waals surface area (Å²) in [4.78, 5) is 0. The standard InChI is InChI=1S/C16H17N3O/c1-12-9-14(20-2)6-7-15(12)17-10-13-11-18-19-8-4-3-5-16(13)19/h3-9,11,17H,10H2,1-2H3. The van der Waals surface area contributed by atoms with Gasteiger partial charge in [-0.2, -0.15) is 5.10 Å². The first-order valence-corrected chi connectivity index (χ1v) is 6.57. The second kappa shape index (κ2) is 5.25. The van der Waals surface area contributed by atoms with Gasteiger partial charge in [0.25, 0.3) is 0 Å². The van der Waals surface area contributed by atoms with Crippen LogP contribution < -0.4 is 10.1 Å².